The van der Waals surface area contributed by atoms with Gasteiger partial charge in [0.15, 0.2) is 16.4 Å². The molecule has 1 saturated heterocycles. The van der Waals surface area contributed by atoms with Crippen molar-refractivity contribution in [2.45, 2.75) is 31.8 Å². The van der Waals surface area contributed by atoms with Crippen LogP contribution in [0.4, 0.5) is 0 Å². The summed E-state index contributed by atoms with van der Waals surface area (Å²) in [6.45, 7) is 1.18. The van der Waals surface area contributed by atoms with E-state index in [0.717, 1.165) is 0 Å². The third-order valence-corrected chi connectivity index (χ3v) is 5.62. The lowest BCUT2D eigenvalue weighted by Gasteiger charge is -2.14. The summed E-state index contributed by atoms with van der Waals surface area (Å²) in [4.78, 5) is 35.4. The van der Waals surface area contributed by atoms with Gasteiger partial charge >= 0.3 is 5.97 Å². The average Bonchev–Trinajstić information content (AvgIpc) is 2.92. The van der Waals surface area contributed by atoms with Crippen LogP contribution in [0.1, 0.15) is 30.1 Å². The molecule has 0 aromatic heterocycles. The van der Waals surface area contributed by atoms with Crippen LogP contribution in [-0.2, 0) is 24.2 Å². The molecule has 1 aliphatic heterocycles. The Labute approximate surface area is 152 Å². The fraction of sp³-hybridized carbons (Fsp3) is 0.471. The van der Waals surface area contributed by atoms with Crippen molar-refractivity contribution >= 4 is 27.6 Å². The molecule has 2 rings (SSSR count). The van der Waals surface area contributed by atoms with Crippen LogP contribution in [0.3, 0.4) is 0 Å². The number of carbonyl (C=O) groups excluding carboxylic acids is 3. The monoisotopic (exact) mass is 382 g/mol. The summed E-state index contributed by atoms with van der Waals surface area (Å²) in [5, 5.41) is 5.21. The van der Waals surface area contributed by atoms with E-state index in [-0.39, 0.29) is 23.8 Å². The Balaban J connectivity index is 1.68. The van der Waals surface area contributed by atoms with Crippen LogP contribution in [0.5, 0.6) is 0 Å². The number of ether oxygens (including phenoxy) is 1. The van der Waals surface area contributed by atoms with Crippen molar-refractivity contribution in [1.29, 1.82) is 0 Å². The minimum Gasteiger partial charge on any atom is -0.456 e. The molecule has 1 aromatic carbocycles. The van der Waals surface area contributed by atoms with Gasteiger partial charge in [-0.05, 0) is 25.5 Å². The van der Waals surface area contributed by atoms with Crippen molar-refractivity contribution in [3.63, 3.8) is 0 Å². The van der Waals surface area contributed by atoms with Crippen molar-refractivity contribution in [2.75, 3.05) is 18.1 Å². The number of esters is 1. The van der Waals surface area contributed by atoms with E-state index >= 15 is 0 Å². The lowest BCUT2D eigenvalue weighted by molar-refractivity contribution is -0.149. The fourth-order valence-electron chi connectivity index (χ4n) is 2.58. The van der Waals surface area contributed by atoms with Crippen molar-refractivity contribution in [1.82, 2.24) is 10.6 Å². The molecular formula is C17H22N2O6S. The maximum atomic E-state index is 12.0. The lowest BCUT2D eigenvalue weighted by Crippen LogP contribution is -2.39. The summed E-state index contributed by atoms with van der Waals surface area (Å²) < 4.78 is 27.5. The molecule has 0 radical (unpaired) electrons. The molecule has 2 unspecified atom stereocenters. The van der Waals surface area contributed by atoms with Crippen LogP contribution in [0.15, 0.2) is 30.3 Å². The molecule has 0 aliphatic carbocycles. The summed E-state index contributed by atoms with van der Waals surface area (Å²) in [6, 6.07) is 7.70. The zero-order valence-electron chi connectivity index (χ0n) is 14.4. The van der Waals surface area contributed by atoms with Crippen LogP contribution in [-0.4, -0.2) is 56.4 Å². The van der Waals surface area contributed by atoms with E-state index in [1.165, 1.54) is 0 Å². The smallest absolute Gasteiger partial charge is 0.308 e. The third-order valence-electron chi connectivity index (χ3n) is 3.85. The van der Waals surface area contributed by atoms with Gasteiger partial charge in [0, 0.05) is 17.6 Å². The second-order valence-corrected chi connectivity index (χ2v) is 8.50. The normalized spacial score (nSPS) is 19.3. The highest BCUT2D eigenvalue weighted by atomic mass is 32.2. The molecule has 2 N–H and O–H groups in total. The minimum atomic E-state index is -3.09. The van der Waals surface area contributed by atoms with Gasteiger partial charge in [0.05, 0.1) is 17.9 Å². The first-order valence-electron chi connectivity index (χ1n) is 8.26. The number of hydrogen-bond donors (Lipinski definition) is 2. The third kappa shape index (κ3) is 6.47. The van der Waals surface area contributed by atoms with E-state index in [0.29, 0.717) is 12.0 Å². The number of rotatable bonds is 7. The first-order valence-corrected chi connectivity index (χ1v) is 10.1. The molecule has 0 saturated carbocycles. The maximum Gasteiger partial charge on any atom is 0.308 e. The summed E-state index contributed by atoms with van der Waals surface area (Å²) in [5.41, 5.74) is 0.485. The average molecular weight is 382 g/mol. The molecular weight excluding hydrogens is 360 g/mol. The summed E-state index contributed by atoms with van der Waals surface area (Å²) in [6.07, 6.45) is 0.286. The Morgan fingerprint density at radius 1 is 1.23 bits per heavy atom. The van der Waals surface area contributed by atoms with Crippen molar-refractivity contribution in [3.8, 4) is 0 Å². The molecule has 0 spiro atoms. The molecule has 9 heteroatoms. The quantitative estimate of drug-likeness (QED) is 0.643. The Kier molecular flexibility index (Phi) is 6.73. The molecule has 8 nitrogen and oxygen atoms in total. The molecule has 0 bridgehead atoms. The van der Waals surface area contributed by atoms with Gasteiger partial charge in [0.2, 0.25) is 0 Å². The van der Waals surface area contributed by atoms with Crippen LogP contribution < -0.4 is 10.6 Å². The predicted molar refractivity (Wildman–Crippen MR) is 94.1 cm³/mol. The van der Waals surface area contributed by atoms with Gasteiger partial charge in [-0.2, -0.15) is 0 Å². The fourth-order valence-corrected chi connectivity index (χ4v) is 4.25. The van der Waals surface area contributed by atoms with Gasteiger partial charge in [0.1, 0.15) is 0 Å². The Morgan fingerprint density at radius 2 is 1.92 bits per heavy atom. The number of sulfone groups is 1. The molecule has 2 atom stereocenters. The molecule has 26 heavy (non-hydrogen) atoms. The largest absolute Gasteiger partial charge is 0.456 e. The molecule has 1 aromatic rings. The van der Waals surface area contributed by atoms with E-state index in [4.69, 9.17) is 4.74 Å². The SMILES string of the molecule is CC(CC(=O)OCC(=O)NC1CCS(=O)(=O)C1)NC(=O)c1ccccc1. The number of carbonyl (C=O) groups is 3. The second kappa shape index (κ2) is 8.79. The molecule has 1 heterocycles. The lowest BCUT2D eigenvalue weighted by atomic mass is 10.2. The number of nitrogens with one attached hydrogen (secondary N) is 2. The van der Waals surface area contributed by atoms with Crippen LogP contribution >= 0.6 is 0 Å². The highest BCUT2D eigenvalue weighted by Crippen LogP contribution is 2.11. The molecule has 142 valence electrons. The summed E-state index contributed by atoms with van der Waals surface area (Å²) in [5.74, 6) is -1.50. The minimum absolute atomic E-state index is 0.0519. The molecule has 2 amide bonds. The maximum absolute atomic E-state index is 12.0. The molecule has 1 aliphatic rings. The molecule has 1 fully saturated rings. The topological polar surface area (TPSA) is 119 Å². The Hall–Kier alpha value is -2.42. The number of benzene rings is 1. The van der Waals surface area contributed by atoms with E-state index in [1.807, 2.05) is 0 Å². The van der Waals surface area contributed by atoms with Gasteiger partial charge in [-0.25, -0.2) is 8.42 Å². The number of amides is 2. The first kappa shape index (κ1) is 19.9. The second-order valence-electron chi connectivity index (χ2n) is 6.27. The van der Waals surface area contributed by atoms with Crippen molar-refractivity contribution < 1.29 is 27.5 Å². The van der Waals surface area contributed by atoms with Gasteiger partial charge in [-0.3, -0.25) is 14.4 Å². The highest BCUT2D eigenvalue weighted by molar-refractivity contribution is 7.91. The van der Waals surface area contributed by atoms with Crippen molar-refractivity contribution in [2.24, 2.45) is 0 Å². The van der Waals surface area contributed by atoms with E-state index in [2.05, 4.69) is 10.6 Å². The van der Waals surface area contributed by atoms with E-state index in [9.17, 15) is 22.8 Å². The van der Waals surface area contributed by atoms with Gasteiger partial charge in [-0.15, -0.1) is 0 Å². The Bertz CT molecular complexity index is 763. The van der Waals surface area contributed by atoms with Crippen molar-refractivity contribution in [3.05, 3.63) is 35.9 Å². The highest BCUT2D eigenvalue weighted by Gasteiger charge is 2.29. The summed E-state index contributed by atoms with van der Waals surface area (Å²) >= 11 is 0. The van der Waals surface area contributed by atoms with Gasteiger partial charge in [0.25, 0.3) is 11.8 Å². The van der Waals surface area contributed by atoms with E-state index < -0.39 is 40.4 Å². The zero-order valence-corrected chi connectivity index (χ0v) is 15.3. The number of hydrogen-bond acceptors (Lipinski definition) is 6. The van der Waals surface area contributed by atoms with Crippen LogP contribution in [0.2, 0.25) is 0 Å². The van der Waals surface area contributed by atoms with E-state index in [1.54, 1.807) is 37.3 Å². The standard InChI is InChI=1S/C17H22N2O6S/c1-12(18-17(22)13-5-3-2-4-6-13)9-16(21)25-10-15(20)19-14-7-8-26(23,24)11-14/h2-6,12,14H,7-11H2,1H3,(H,18,22)(H,19,20). The first-order chi connectivity index (χ1) is 12.2. The van der Waals surface area contributed by atoms with Crippen LogP contribution in [0.25, 0.3) is 0 Å². The predicted octanol–water partition coefficient (Wildman–Crippen LogP) is 0.0415. The van der Waals surface area contributed by atoms with Gasteiger partial charge in [-0.1, -0.05) is 18.2 Å². The zero-order chi connectivity index (χ0) is 19.2. The Morgan fingerprint density at radius 3 is 2.54 bits per heavy atom. The van der Waals surface area contributed by atoms with Gasteiger partial charge < -0.3 is 15.4 Å². The summed E-state index contributed by atoms with van der Waals surface area (Å²) in [7, 11) is -3.09. The van der Waals surface area contributed by atoms with Crippen LogP contribution in [0, 0.1) is 0 Å².